The lowest BCUT2D eigenvalue weighted by molar-refractivity contribution is -0.128. The highest BCUT2D eigenvalue weighted by Crippen LogP contribution is 2.20. The molecule has 1 amide bonds. The molecule has 1 aliphatic rings. The normalized spacial score (nSPS) is 20.3. The Bertz CT molecular complexity index is 496. The maximum Gasteiger partial charge on any atom is 0.224 e. The molecule has 4 heteroatoms. The van der Waals surface area contributed by atoms with Gasteiger partial charge in [-0.3, -0.25) is 9.69 Å². The van der Waals surface area contributed by atoms with E-state index in [1.165, 1.54) is 6.07 Å². The Morgan fingerprint density at radius 2 is 2.10 bits per heavy atom. The summed E-state index contributed by atoms with van der Waals surface area (Å²) in [5, 5.41) is 3.04. The van der Waals surface area contributed by atoms with Crippen LogP contribution >= 0.6 is 0 Å². The van der Waals surface area contributed by atoms with Gasteiger partial charge < -0.3 is 5.32 Å². The number of likely N-dealkylation sites (tertiary alicyclic amines) is 1. The zero-order valence-electron chi connectivity index (χ0n) is 13.2. The van der Waals surface area contributed by atoms with Crippen molar-refractivity contribution in [2.75, 3.05) is 13.1 Å². The summed E-state index contributed by atoms with van der Waals surface area (Å²) in [5.74, 6) is -0.0516. The summed E-state index contributed by atoms with van der Waals surface area (Å²) in [4.78, 5) is 14.4. The minimum atomic E-state index is -0.203. The first kappa shape index (κ1) is 16.0. The summed E-state index contributed by atoms with van der Waals surface area (Å²) in [6, 6.07) is 6.86. The number of benzene rings is 1. The molecule has 2 rings (SSSR count). The van der Waals surface area contributed by atoms with Crippen molar-refractivity contribution in [3.8, 4) is 0 Å². The van der Waals surface area contributed by atoms with E-state index in [9.17, 15) is 9.18 Å². The number of rotatable bonds is 3. The Morgan fingerprint density at radius 1 is 1.38 bits per heavy atom. The summed E-state index contributed by atoms with van der Waals surface area (Å²) in [6.45, 7) is 8.18. The topological polar surface area (TPSA) is 32.3 Å². The molecule has 1 saturated heterocycles. The summed E-state index contributed by atoms with van der Waals surface area (Å²) in [5.41, 5.74) is 0.500. The Kier molecular flexibility index (Phi) is 4.99. The van der Waals surface area contributed by atoms with E-state index in [1.807, 2.05) is 32.9 Å². The molecule has 1 aromatic rings. The largest absolute Gasteiger partial charge is 0.351 e. The number of carbonyl (C=O) groups excluding carboxylic acids is 1. The van der Waals surface area contributed by atoms with Gasteiger partial charge in [-0.2, -0.15) is 0 Å². The van der Waals surface area contributed by atoms with Gasteiger partial charge in [0.1, 0.15) is 5.82 Å². The molecule has 0 spiro atoms. The summed E-state index contributed by atoms with van der Waals surface area (Å²) >= 11 is 0. The highest BCUT2D eigenvalue weighted by Gasteiger charge is 2.28. The van der Waals surface area contributed by atoms with Gasteiger partial charge in [0.25, 0.3) is 0 Å². The lowest BCUT2D eigenvalue weighted by Gasteiger charge is -2.33. The average Bonchev–Trinajstić information content (AvgIpc) is 2.40. The van der Waals surface area contributed by atoms with Crippen molar-refractivity contribution < 1.29 is 9.18 Å². The van der Waals surface area contributed by atoms with E-state index in [0.717, 1.165) is 19.4 Å². The first-order chi connectivity index (χ1) is 9.85. The second-order valence-corrected chi connectivity index (χ2v) is 6.90. The SMILES string of the molecule is CC(C)(C)NC(=O)C1CCCN(Cc2ccccc2F)C1. The lowest BCUT2D eigenvalue weighted by atomic mass is 9.95. The first-order valence-electron chi connectivity index (χ1n) is 7.63. The number of piperidine rings is 1. The van der Waals surface area contributed by atoms with Gasteiger partial charge in [0, 0.05) is 24.2 Å². The number of carbonyl (C=O) groups is 1. The molecule has 0 saturated carbocycles. The van der Waals surface area contributed by atoms with Crippen molar-refractivity contribution in [1.29, 1.82) is 0 Å². The van der Waals surface area contributed by atoms with Gasteiger partial charge in [-0.15, -0.1) is 0 Å². The molecule has 1 N–H and O–H groups in total. The molecule has 116 valence electrons. The predicted octanol–water partition coefficient (Wildman–Crippen LogP) is 2.95. The zero-order chi connectivity index (χ0) is 15.5. The monoisotopic (exact) mass is 292 g/mol. The quantitative estimate of drug-likeness (QED) is 0.929. The summed E-state index contributed by atoms with van der Waals surface area (Å²) in [6.07, 6.45) is 1.90. The van der Waals surface area contributed by atoms with Crippen molar-refractivity contribution >= 4 is 5.91 Å². The molecule has 0 bridgehead atoms. The number of hydrogen-bond donors (Lipinski definition) is 1. The van der Waals surface area contributed by atoms with E-state index in [1.54, 1.807) is 6.07 Å². The van der Waals surface area contributed by atoms with Crippen molar-refractivity contribution in [3.05, 3.63) is 35.6 Å². The molecular weight excluding hydrogens is 267 g/mol. The Labute approximate surface area is 126 Å². The van der Waals surface area contributed by atoms with Crippen LogP contribution < -0.4 is 5.32 Å². The average molecular weight is 292 g/mol. The maximum absolute atomic E-state index is 13.7. The fraction of sp³-hybridized carbons (Fsp3) is 0.588. The molecule has 0 aliphatic carbocycles. The molecule has 1 aliphatic heterocycles. The van der Waals surface area contributed by atoms with Crippen molar-refractivity contribution in [1.82, 2.24) is 10.2 Å². The van der Waals surface area contributed by atoms with Crippen molar-refractivity contribution in [2.24, 2.45) is 5.92 Å². The number of nitrogens with zero attached hydrogens (tertiary/aromatic N) is 1. The Hall–Kier alpha value is -1.42. The van der Waals surface area contributed by atoms with E-state index in [-0.39, 0.29) is 23.2 Å². The molecule has 3 nitrogen and oxygen atoms in total. The van der Waals surface area contributed by atoms with E-state index < -0.39 is 0 Å². The molecule has 1 heterocycles. The van der Waals surface area contributed by atoms with Gasteiger partial charge in [0.15, 0.2) is 0 Å². The van der Waals surface area contributed by atoms with Crippen LogP contribution in [0.15, 0.2) is 24.3 Å². The number of hydrogen-bond acceptors (Lipinski definition) is 2. The first-order valence-corrected chi connectivity index (χ1v) is 7.63. The highest BCUT2D eigenvalue weighted by atomic mass is 19.1. The highest BCUT2D eigenvalue weighted by molar-refractivity contribution is 5.79. The smallest absolute Gasteiger partial charge is 0.224 e. The molecule has 21 heavy (non-hydrogen) atoms. The van der Waals surface area contributed by atoms with Gasteiger partial charge in [-0.25, -0.2) is 4.39 Å². The molecule has 0 aromatic heterocycles. The van der Waals surface area contributed by atoms with Crippen LogP contribution in [-0.2, 0) is 11.3 Å². The van der Waals surface area contributed by atoms with E-state index >= 15 is 0 Å². The van der Waals surface area contributed by atoms with Crippen molar-refractivity contribution in [3.63, 3.8) is 0 Å². The zero-order valence-corrected chi connectivity index (χ0v) is 13.2. The number of amides is 1. The minimum Gasteiger partial charge on any atom is -0.351 e. The second kappa shape index (κ2) is 6.56. The lowest BCUT2D eigenvalue weighted by Crippen LogP contribution is -2.48. The van der Waals surface area contributed by atoms with Gasteiger partial charge in [0.2, 0.25) is 5.91 Å². The number of halogens is 1. The molecular formula is C17H25FN2O. The Morgan fingerprint density at radius 3 is 2.76 bits per heavy atom. The van der Waals surface area contributed by atoms with Gasteiger partial charge in [-0.05, 0) is 46.2 Å². The third kappa shape index (κ3) is 4.81. The van der Waals surface area contributed by atoms with Crippen LogP contribution in [-0.4, -0.2) is 29.4 Å². The van der Waals surface area contributed by atoms with Crippen LogP contribution in [0.5, 0.6) is 0 Å². The van der Waals surface area contributed by atoms with Gasteiger partial charge in [-0.1, -0.05) is 18.2 Å². The van der Waals surface area contributed by atoms with Crippen LogP contribution in [0.4, 0.5) is 4.39 Å². The van der Waals surface area contributed by atoms with Crippen molar-refractivity contribution in [2.45, 2.75) is 45.7 Å². The van der Waals surface area contributed by atoms with Crippen LogP contribution in [0.3, 0.4) is 0 Å². The van der Waals surface area contributed by atoms with Gasteiger partial charge >= 0.3 is 0 Å². The molecule has 1 atom stereocenters. The third-order valence-corrected chi connectivity index (χ3v) is 3.73. The Balaban J connectivity index is 1.95. The van der Waals surface area contributed by atoms with E-state index in [2.05, 4.69) is 10.2 Å². The minimum absolute atomic E-state index is 0.00440. The van der Waals surface area contributed by atoms with Crippen LogP contribution in [0.25, 0.3) is 0 Å². The summed E-state index contributed by atoms with van der Waals surface area (Å²) in [7, 11) is 0. The standard InChI is InChI=1S/C17H25FN2O/c1-17(2,3)19-16(21)14-8-6-10-20(12-14)11-13-7-4-5-9-15(13)18/h4-5,7,9,14H,6,8,10-12H2,1-3H3,(H,19,21). The summed E-state index contributed by atoms with van der Waals surface area (Å²) < 4.78 is 13.7. The number of nitrogens with one attached hydrogen (secondary N) is 1. The fourth-order valence-corrected chi connectivity index (χ4v) is 2.75. The predicted molar refractivity (Wildman–Crippen MR) is 82.3 cm³/mol. The van der Waals surface area contributed by atoms with Crippen LogP contribution in [0.1, 0.15) is 39.2 Å². The molecule has 1 fully saturated rings. The maximum atomic E-state index is 13.7. The van der Waals surface area contributed by atoms with Crippen LogP contribution in [0.2, 0.25) is 0 Å². The second-order valence-electron chi connectivity index (χ2n) is 6.90. The third-order valence-electron chi connectivity index (χ3n) is 3.73. The van der Waals surface area contributed by atoms with E-state index in [4.69, 9.17) is 0 Å². The van der Waals surface area contributed by atoms with Gasteiger partial charge in [0.05, 0.1) is 5.92 Å². The van der Waals surface area contributed by atoms with E-state index in [0.29, 0.717) is 18.7 Å². The fourth-order valence-electron chi connectivity index (χ4n) is 2.75. The molecule has 0 radical (unpaired) electrons. The van der Waals surface area contributed by atoms with Crippen LogP contribution in [0, 0.1) is 11.7 Å². The molecule has 1 unspecified atom stereocenters. The molecule has 1 aromatic carbocycles.